The van der Waals surface area contributed by atoms with Gasteiger partial charge < -0.3 is 2.85 Å². The summed E-state index contributed by atoms with van der Waals surface area (Å²) in [5, 5.41) is 0. The molecule has 0 spiro atoms. The predicted molar refractivity (Wildman–Crippen MR) is 13.7 cm³/mol. The summed E-state index contributed by atoms with van der Waals surface area (Å²) in [5.41, 5.74) is 0. The number of rotatable bonds is 0. The van der Waals surface area contributed by atoms with Gasteiger partial charge in [-0.25, -0.2) is 0 Å². The summed E-state index contributed by atoms with van der Waals surface area (Å²) < 4.78 is 0. The molecule has 0 aliphatic heterocycles. The van der Waals surface area contributed by atoms with Gasteiger partial charge in [0.2, 0.25) is 0 Å². The second-order valence-corrected chi connectivity index (χ2v) is 0. The van der Waals surface area contributed by atoms with Gasteiger partial charge in [0.25, 0.3) is 0 Å². The van der Waals surface area contributed by atoms with E-state index in [1.807, 2.05) is 0 Å². The molecule has 0 unspecified atom stereocenters. The summed E-state index contributed by atoms with van der Waals surface area (Å²) in [5.74, 6) is 0. The standard InChI is InChI=1S/Be.Co.Cu.Si.2H/q+2;;;;2*-1. The molecule has 0 heterocycles. The molecule has 0 nitrogen and oxygen atoms in total. The van der Waals surface area contributed by atoms with Gasteiger partial charge in [-0.05, 0) is 0 Å². The van der Waals surface area contributed by atoms with E-state index in [9.17, 15) is 0 Å². The Morgan fingerprint density at radius 1 is 1.25 bits per heavy atom. The van der Waals surface area contributed by atoms with Gasteiger partial charge in [-0.15, -0.1) is 0 Å². The molecule has 0 aromatic heterocycles. The van der Waals surface area contributed by atoms with E-state index in [0.29, 0.717) is 0 Å². The summed E-state index contributed by atoms with van der Waals surface area (Å²) in [4.78, 5) is 0. The molecule has 0 saturated carbocycles. The molecule has 0 amide bonds. The van der Waals surface area contributed by atoms with E-state index < -0.39 is 0 Å². The Kier molecular flexibility index (Phi) is 340. The van der Waals surface area contributed by atoms with Crippen molar-refractivity contribution in [3.05, 3.63) is 0 Å². The minimum absolute atomic E-state index is 0. The van der Waals surface area contributed by atoms with Crippen LogP contribution in [0.3, 0.4) is 0 Å². The van der Waals surface area contributed by atoms with Crippen molar-refractivity contribution in [2.45, 2.75) is 0 Å². The van der Waals surface area contributed by atoms with Crippen LogP contribution < -0.4 is 0 Å². The second-order valence-electron chi connectivity index (χ2n) is 0. The van der Waals surface area contributed by atoms with Crippen molar-refractivity contribution in [2.75, 3.05) is 0 Å². The molecule has 0 atom stereocenters. The van der Waals surface area contributed by atoms with Crippen molar-refractivity contribution >= 4 is 21.1 Å². The van der Waals surface area contributed by atoms with Gasteiger partial charge in [0.15, 0.2) is 0 Å². The second kappa shape index (κ2) is 25.8. The minimum Gasteiger partial charge on any atom is -1.00 e. The van der Waals surface area contributed by atoms with E-state index >= 15 is 0 Å². The predicted octanol–water partition coefficient (Wildman–Crippen LogP) is -0.542. The molecule has 0 aliphatic carbocycles. The van der Waals surface area contributed by atoms with Gasteiger partial charge in [-0.2, -0.15) is 0 Å². The Morgan fingerprint density at radius 3 is 1.25 bits per heavy atom. The first kappa shape index (κ1) is 52.9. The normalized spacial score (nSPS) is 0. The fourth-order valence-corrected chi connectivity index (χ4v) is 0. The minimum atomic E-state index is 0. The summed E-state index contributed by atoms with van der Waals surface area (Å²) >= 11 is 0. The summed E-state index contributed by atoms with van der Waals surface area (Å²) in [6.07, 6.45) is 0. The fourth-order valence-electron chi connectivity index (χ4n) is 0. The van der Waals surface area contributed by atoms with Crippen molar-refractivity contribution in [1.29, 1.82) is 0 Å². The molecule has 0 fully saturated rings. The maximum Gasteiger partial charge on any atom is 2.00 e. The van der Waals surface area contributed by atoms with E-state index in [4.69, 9.17) is 0 Å². The Labute approximate surface area is 58.0 Å². The zero-order valence-electron chi connectivity index (χ0n) is 3.84. The van der Waals surface area contributed by atoms with Crippen LogP contribution in [0.4, 0.5) is 0 Å². The van der Waals surface area contributed by atoms with Gasteiger partial charge in [0.1, 0.15) is 0 Å². The molecule has 4 heavy (non-hydrogen) atoms. The maximum absolute atomic E-state index is 0. The van der Waals surface area contributed by atoms with Gasteiger partial charge in [0.05, 0.1) is 0 Å². The molecule has 0 saturated heterocycles. The largest absolute Gasteiger partial charge is 2.00 e. The molecule has 28 valence electrons. The van der Waals surface area contributed by atoms with Gasteiger partial charge in [-0.3, -0.25) is 0 Å². The van der Waals surface area contributed by atoms with E-state index in [1.165, 1.54) is 0 Å². The molecular weight excluding hydrogens is 160 g/mol. The Bertz CT molecular complexity index is 13.5. The Balaban J connectivity index is 0. The third kappa shape index (κ3) is 9.96. The van der Waals surface area contributed by atoms with Crippen LogP contribution in [0.25, 0.3) is 0 Å². The molecule has 0 aromatic rings. The zero-order chi connectivity index (χ0) is 0. The molecule has 0 bridgehead atoms. The first-order valence-electron chi connectivity index (χ1n) is 0. The molecular formula is H2BeCoCuSi. The molecule has 0 aromatic carbocycles. The van der Waals surface area contributed by atoms with Crippen LogP contribution >= 0.6 is 0 Å². The van der Waals surface area contributed by atoms with Crippen molar-refractivity contribution in [2.24, 2.45) is 0 Å². The average molecular weight is 162 g/mol. The van der Waals surface area contributed by atoms with Crippen LogP contribution in [0.1, 0.15) is 2.85 Å². The summed E-state index contributed by atoms with van der Waals surface area (Å²) in [7, 11) is 0. The summed E-state index contributed by atoms with van der Waals surface area (Å²) in [6.45, 7) is 0. The molecule has 4 heteroatoms. The van der Waals surface area contributed by atoms with Crippen molar-refractivity contribution in [1.82, 2.24) is 0 Å². The van der Waals surface area contributed by atoms with E-state index in [-0.39, 0.29) is 57.8 Å². The third-order valence-electron chi connectivity index (χ3n) is 0. The van der Waals surface area contributed by atoms with Crippen LogP contribution in [0.5, 0.6) is 0 Å². The Hall–Kier alpha value is 1.41. The van der Waals surface area contributed by atoms with E-state index in [1.54, 1.807) is 0 Å². The van der Waals surface area contributed by atoms with Crippen LogP contribution in [0.2, 0.25) is 0 Å². The molecule has 0 N–H and O–H groups in total. The quantitative estimate of drug-likeness (QED) is 0.419. The SMILES string of the molecule is [Be+2].[Co].[Cu].[H-].[H-].[Si]. The number of hydrogen-bond donors (Lipinski definition) is 0. The molecule has 6 radical (unpaired) electrons. The summed E-state index contributed by atoms with van der Waals surface area (Å²) in [6, 6.07) is 0. The van der Waals surface area contributed by atoms with Crippen LogP contribution in [0.15, 0.2) is 0 Å². The topological polar surface area (TPSA) is 0 Å². The smallest absolute Gasteiger partial charge is 1.00 e. The van der Waals surface area contributed by atoms with Gasteiger partial charge in [0, 0.05) is 44.8 Å². The average Bonchev–Trinajstić information content (AvgIpc) is 0. The van der Waals surface area contributed by atoms with Crippen molar-refractivity contribution in [3.63, 3.8) is 0 Å². The van der Waals surface area contributed by atoms with Crippen molar-refractivity contribution < 1.29 is 36.7 Å². The first-order valence-corrected chi connectivity index (χ1v) is 0. The molecule has 0 rings (SSSR count). The van der Waals surface area contributed by atoms with Crippen LogP contribution in [-0.4, -0.2) is 21.1 Å². The van der Waals surface area contributed by atoms with Crippen LogP contribution in [-0.2, 0) is 33.8 Å². The van der Waals surface area contributed by atoms with Crippen LogP contribution in [0, 0.1) is 0 Å². The monoisotopic (exact) mass is 161 g/mol. The zero-order valence-corrected chi connectivity index (χ0v) is 4.82. The van der Waals surface area contributed by atoms with Crippen molar-refractivity contribution in [3.8, 4) is 0 Å². The first-order chi connectivity index (χ1) is 0. The third-order valence-corrected chi connectivity index (χ3v) is 0. The van der Waals surface area contributed by atoms with Gasteiger partial charge in [-0.1, -0.05) is 0 Å². The van der Waals surface area contributed by atoms with E-state index in [2.05, 4.69) is 0 Å². The van der Waals surface area contributed by atoms with Gasteiger partial charge >= 0.3 is 10.1 Å². The molecule has 0 aliphatic rings. The maximum atomic E-state index is 0. The fraction of sp³-hybridized carbons (Fsp3) is 0. The number of hydrogen-bond acceptors (Lipinski definition) is 0. The van der Waals surface area contributed by atoms with E-state index in [0.717, 1.165) is 0 Å². The Morgan fingerprint density at radius 2 is 1.25 bits per heavy atom.